The highest BCUT2D eigenvalue weighted by Gasteiger charge is 2.35. The monoisotopic (exact) mass is 301 g/mol. The van der Waals surface area contributed by atoms with E-state index in [0.29, 0.717) is 17.1 Å². The number of rotatable bonds is 2. The minimum atomic E-state index is -4.59. The number of alkyl halides is 3. The normalized spacial score (nSPS) is 11.8. The van der Waals surface area contributed by atoms with E-state index in [2.05, 4.69) is 15.5 Å². The van der Waals surface area contributed by atoms with E-state index in [-0.39, 0.29) is 5.69 Å². The Hall–Kier alpha value is -2.32. The Kier molecular flexibility index (Phi) is 3.52. The number of hydrogen-bond donors (Lipinski definition) is 1. The summed E-state index contributed by atoms with van der Waals surface area (Å²) in [4.78, 5) is 12.1. The van der Waals surface area contributed by atoms with Crippen LogP contribution < -0.4 is 5.32 Å². The summed E-state index contributed by atoms with van der Waals surface area (Å²) in [6.07, 6.45) is -4.59. The van der Waals surface area contributed by atoms with Crippen LogP contribution in [0.15, 0.2) is 6.07 Å². The number of nitrogens with one attached hydrogen (secondary N) is 1. The number of hydrogen-bond acceptors (Lipinski definition) is 3. The van der Waals surface area contributed by atoms with Gasteiger partial charge in [-0.3, -0.25) is 14.2 Å². The summed E-state index contributed by atoms with van der Waals surface area (Å²) >= 11 is 0. The molecule has 0 aliphatic rings. The van der Waals surface area contributed by atoms with Crippen LogP contribution in [0.4, 0.5) is 18.9 Å². The van der Waals surface area contributed by atoms with Gasteiger partial charge >= 0.3 is 6.18 Å². The maximum atomic E-state index is 12.6. The standard InChI is InChI=1S/C12H14F3N5O/c1-6-10(7(2)19(3)17-6)16-11(21)8-5-9(12(13,14)15)18-20(8)4/h5H,1-4H3,(H,16,21). The van der Waals surface area contributed by atoms with Crippen molar-refractivity contribution in [2.45, 2.75) is 20.0 Å². The van der Waals surface area contributed by atoms with Crippen LogP contribution in [0.2, 0.25) is 0 Å². The molecular weight excluding hydrogens is 287 g/mol. The van der Waals surface area contributed by atoms with Crippen LogP contribution in [0, 0.1) is 13.8 Å². The van der Waals surface area contributed by atoms with E-state index in [1.54, 1.807) is 25.6 Å². The first-order chi connectivity index (χ1) is 9.61. The van der Waals surface area contributed by atoms with Crippen LogP contribution >= 0.6 is 0 Å². The maximum Gasteiger partial charge on any atom is 0.435 e. The van der Waals surface area contributed by atoms with Gasteiger partial charge in [-0.25, -0.2) is 0 Å². The van der Waals surface area contributed by atoms with E-state index in [9.17, 15) is 18.0 Å². The topological polar surface area (TPSA) is 64.7 Å². The summed E-state index contributed by atoms with van der Waals surface area (Å²) < 4.78 is 40.2. The molecule has 0 spiro atoms. The molecule has 0 saturated heterocycles. The molecule has 2 aromatic rings. The van der Waals surface area contributed by atoms with Gasteiger partial charge in [0.25, 0.3) is 5.91 Å². The van der Waals surface area contributed by atoms with Crippen LogP contribution in [0.25, 0.3) is 0 Å². The largest absolute Gasteiger partial charge is 0.435 e. The molecule has 0 radical (unpaired) electrons. The minimum absolute atomic E-state index is 0.176. The van der Waals surface area contributed by atoms with Gasteiger partial charge in [-0.05, 0) is 13.8 Å². The van der Waals surface area contributed by atoms with Gasteiger partial charge < -0.3 is 5.32 Å². The second kappa shape index (κ2) is 4.90. The van der Waals surface area contributed by atoms with Gasteiger partial charge in [0.15, 0.2) is 5.69 Å². The molecule has 114 valence electrons. The van der Waals surface area contributed by atoms with Crippen molar-refractivity contribution in [3.63, 3.8) is 0 Å². The number of halogens is 3. The van der Waals surface area contributed by atoms with Gasteiger partial charge in [-0.2, -0.15) is 23.4 Å². The molecule has 9 heteroatoms. The Labute approximate surface area is 118 Å². The first kappa shape index (κ1) is 15.1. The molecule has 0 aromatic carbocycles. The number of amides is 1. The van der Waals surface area contributed by atoms with Gasteiger partial charge in [0.2, 0.25) is 0 Å². The lowest BCUT2D eigenvalue weighted by atomic mass is 10.3. The number of aryl methyl sites for hydroxylation is 3. The Balaban J connectivity index is 2.31. The molecule has 0 aliphatic heterocycles. The minimum Gasteiger partial charge on any atom is -0.317 e. The molecule has 6 nitrogen and oxygen atoms in total. The van der Waals surface area contributed by atoms with E-state index in [0.717, 1.165) is 10.7 Å². The van der Waals surface area contributed by atoms with E-state index in [4.69, 9.17) is 0 Å². The number of carbonyl (C=O) groups is 1. The second-order valence-electron chi connectivity index (χ2n) is 4.66. The van der Waals surface area contributed by atoms with Crippen molar-refractivity contribution in [1.29, 1.82) is 0 Å². The van der Waals surface area contributed by atoms with Gasteiger partial charge in [0.1, 0.15) is 5.69 Å². The highest BCUT2D eigenvalue weighted by Crippen LogP contribution is 2.28. The lowest BCUT2D eigenvalue weighted by molar-refractivity contribution is -0.141. The van der Waals surface area contributed by atoms with E-state index in [1.165, 1.54) is 7.05 Å². The zero-order chi connectivity index (χ0) is 15.9. The van der Waals surface area contributed by atoms with Crippen molar-refractivity contribution in [3.05, 3.63) is 28.8 Å². The molecule has 0 saturated carbocycles. The van der Waals surface area contributed by atoms with Crippen LogP contribution in [0.1, 0.15) is 27.6 Å². The highest BCUT2D eigenvalue weighted by atomic mass is 19.4. The maximum absolute atomic E-state index is 12.6. The number of nitrogens with zero attached hydrogens (tertiary/aromatic N) is 4. The molecule has 1 amide bonds. The SMILES string of the molecule is Cc1nn(C)c(C)c1NC(=O)c1cc(C(F)(F)F)nn1C. The second-order valence-corrected chi connectivity index (χ2v) is 4.66. The average Bonchev–Trinajstić information content (AvgIpc) is 2.85. The predicted molar refractivity (Wildman–Crippen MR) is 68.8 cm³/mol. The third kappa shape index (κ3) is 2.76. The fraction of sp³-hybridized carbons (Fsp3) is 0.417. The van der Waals surface area contributed by atoms with Crippen LogP contribution in [0.5, 0.6) is 0 Å². The quantitative estimate of drug-likeness (QED) is 0.923. The fourth-order valence-corrected chi connectivity index (χ4v) is 1.95. The van der Waals surface area contributed by atoms with Crippen molar-refractivity contribution < 1.29 is 18.0 Å². The summed E-state index contributed by atoms with van der Waals surface area (Å²) in [6.45, 7) is 3.45. The molecule has 2 rings (SSSR count). The lowest BCUT2D eigenvalue weighted by Gasteiger charge is -2.05. The molecule has 0 aliphatic carbocycles. The summed E-state index contributed by atoms with van der Waals surface area (Å²) in [5.41, 5.74) is 0.498. The zero-order valence-corrected chi connectivity index (χ0v) is 11.9. The number of anilines is 1. The van der Waals surface area contributed by atoms with Gasteiger partial charge in [0.05, 0.1) is 17.1 Å². The Morgan fingerprint density at radius 2 is 1.81 bits per heavy atom. The van der Waals surface area contributed by atoms with Crippen LogP contribution in [0.3, 0.4) is 0 Å². The van der Waals surface area contributed by atoms with E-state index in [1.807, 2.05) is 0 Å². The fourth-order valence-electron chi connectivity index (χ4n) is 1.95. The molecule has 21 heavy (non-hydrogen) atoms. The van der Waals surface area contributed by atoms with Crippen molar-refractivity contribution >= 4 is 11.6 Å². The summed E-state index contributed by atoms with van der Waals surface area (Å²) in [5.74, 6) is -0.667. The Bertz CT molecular complexity index is 699. The summed E-state index contributed by atoms with van der Waals surface area (Å²) in [6, 6.07) is 0.719. The van der Waals surface area contributed by atoms with E-state index < -0.39 is 17.8 Å². The Morgan fingerprint density at radius 3 is 2.24 bits per heavy atom. The third-order valence-corrected chi connectivity index (χ3v) is 3.15. The molecule has 2 aromatic heterocycles. The van der Waals surface area contributed by atoms with Crippen molar-refractivity contribution in [3.8, 4) is 0 Å². The predicted octanol–water partition coefficient (Wildman–Crippen LogP) is 2.04. The van der Waals surface area contributed by atoms with Crippen molar-refractivity contribution in [2.24, 2.45) is 14.1 Å². The number of aromatic nitrogens is 4. The van der Waals surface area contributed by atoms with Crippen LogP contribution in [-0.2, 0) is 20.3 Å². The van der Waals surface area contributed by atoms with Gasteiger partial charge in [0, 0.05) is 20.2 Å². The third-order valence-electron chi connectivity index (χ3n) is 3.15. The van der Waals surface area contributed by atoms with Crippen molar-refractivity contribution in [1.82, 2.24) is 19.6 Å². The molecule has 1 N–H and O–H groups in total. The van der Waals surface area contributed by atoms with E-state index >= 15 is 0 Å². The lowest BCUT2D eigenvalue weighted by Crippen LogP contribution is -2.17. The first-order valence-corrected chi connectivity index (χ1v) is 6.04. The Morgan fingerprint density at radius 1 is 1.19 bits per heavy atom. The summed E-state index contributed by atoms with van der Waals surface area (Å²) in [5, 5.41) is 10.00. The smallest absolute Gasteiger partial charge is 0.317 e. The molecule has 0 fully saturated rings. The van der Waals surface area contributed by atoms with Crippen LogP contribution in [-0.4, -0.2) is 25.5 Å². The highest BCUT2D eigenvalue weighted by molar-refractivity contribution is 6.03. The number of carbonyl (C=O) groups excluding carboxylic acids is 1. The molecule has 0 unspecified atom stereocenters. The molecular formula is C12H14F3N5O. The van der Waals surface area contributed by atoms with Gasteiger partial charge in [-0.1, -0.05) is 0 Å². The zero-order valence-electron chi connectivity index (χ0n) is 11.9. The summed E-state index contributed by atoms with van der Waals surface area (Å²) in [7, 11) is 3.00. The molecule has 0 bridgehead atoms. The molecule has 2 heterocycles. The first-order valence-electron chi connectivity index (χ1n) is 6.04. The molecule has 0 atom stereocenters. The average molecular weight is 301 g/mol. The van der Waals surface area contributed by atoms with Gasteiger partial charge in [-0.15, -0.1) is 0 Å². The van der Waals surface area contributed by atoms with Crippen molar-refractivity contribution in [2.75, 3.05) is 5.32 Å².